The molecule has 92 valence electrons. The van der Waals surface area contributed by atoms with E-state index in [1.165, 1.54) is 40.3 Å². The number of hydrogen-bond donors (Lipinski definition) is 0. The Morgan fingerprint density at radius 2 is 2.06 bits per heavy atom. The zero-order chi connectivity index (χ0) is 12.3. The molecule has 2 unspecified atom stereocenters. The predicted molar refractivity (Wildman–Crippen MR) is 80.1 cm³/mol. The van der Waals surface area contributed by atoms with E-state index in [-0.39, 0.29) is 0 Å². The summed E-state index contributed by atoms with van der Waals surface area (Å²) in [5, 5.41) is 2.63. The van der Waals surface area contributed by atoms with E-state index in [9.17, 15) is 0 Å². The van der Waals surface area contributed by atoms with Gasteiger partial charge in [0, 0.05) is 16.6 Å². The minimum Gasteiger partial charge on any atom is -0.365 e. The van der Waals surface area contributed by atoms with Crippen molar-refractivity contribution in [2.45, 2.75) is 25.3 Å². The number of fused-ring (bicyclic) bond motifs is 2. The summed E-state index contributed by atoms with van der Waals surface area (Å²) in [4.78, 5) is 2.61. The largest absolute Gasteiger partial charge is 0.365 e. The molecule has 0 bridgehead atoms. The molecule has 1 saturated carbocycles. The normalized spacial score (nSPS) is 29.7. The molecule has 2 aromatic carbocycles. The number of nitrogens with zero attached hydrogens (tertiary/aromatic N) is 1. The molecule has 2 aromatic rings. The topological polar surface area (TPSA) is 3.24 Å². The summed E-state index contributed by atoms with van der Waals surface area (Å²) in [7, 11) is 0. The summed E-state index contributed by atoms with van der Waals surface area (Å²) in [5.74, 6) is 0.927. The van der Waals surface area contributed by atoms with Crippen LogP contribution < -0.4 is 4.90 Å². The fourth-order valence-corrected chi connectivity index (χ4v) is 4.26. The van der Waals surface area contributed by atoms with Crippen LogP contribution in [0.2, 0.25) is 0 Å². The average molecular weight is 302 g/mol. The Morgan fingerprint density at radius 1 is 1.22 bits per heavy atom. The van der Waals surface area contributed by atoms with Crippen molar-refractivity contribution in [2.24, 2.45) is 5.92 Å². The molecule has 2 heteroatoms. The number of benzene rings is 2. The van der Waals surface area contributed by atoms with Crippen LogP contribution in [0.3, 0.4) is 0 Å². The van der Waals surface area contributed by atoms with Crippen molar-refractivity contribution < 1.29 is 0 Å². The first-order valence-electron chi connectivity index (χ1n) is 6.65. The highest BCUT2D eigenvalue weighted by molar-refractivity contribution is 9.10. The minimum absolute atomic E-state index is 0.435. The van der Waals surface area contributed by atoms with Crippen molar-refractivity contribution in [3.8, 4) is 0 Å². The maximum Gasteiger partial charge on any atom is 0.0521 e. The van der Waals surface area contributed by atoms with Gasteiger partial charge in [0.05, 0.1) is 5.69 Å². The number of rotatable bonds is 1. The summed E-state index contributed by atoms with van der Waals surface area (Å²) >= 11 is 3.82. The van der Waals surface area contributed by atoms with Crippen molar-refractivity contribution in [1.29, 1.82) is 0 Å². The van der Waals surface area contributed by atoms with Gasteiger partial charge in [-0.2, -0.15) is 0 Å². The van der Waals surface area contributed by atoms with Gasteiger partial charge in [-0.05, 0) is 58.5 Å². The Bertz CT molecular complexity index is 634. The van der Waals surface area contributed by atoms with Crippen LogP contribution in [0.4, 0.5) is 5.69 Å². The molecule has 2 aliphatic rings. The van der Waals surface area contributed by atoms with Gasteiger partial charge in [0.25, 0.3) is 0 Å². The molecule has 1 heterocycles. The lowest BCUT2D eigenvalue weighted by Crippen LogP contribution is -2.32. The van der Waals surface area contributed by atoms with Crippen LogP contribution in [0.25, 0.3) is 10.8 Å². The van der Waals surface area contributed by atoms with Crippen LogP contribution in [0.5, 0.6) is 0 Å². The maximum atomic E-state index is 3.82. The first-order chi connectivity index (χ1) is 8.70. The van der Waals surface area contributed by atoms with Crippen LogP contribution in [0.15, 0.2) is 40.9 Å². The quantitative estimate of drug-likeness (QED) is 0.744. The molecule has 2 atom stereocenters. The van der Waals surface area contributed by atoms with Gasteiger partial charge in [-0.25, -0.2) is 0 Å². The van der Waals surface area contributed by atoms with E-state index in [2.05, 4.69) is 64.2 Å². The summed E-state index contributed by atoms with van der Waals surface area (Å²) in [6.07, 6.45) is 2.72. The van der Waals surface area contributed by atoms with Gasteiger partial charge in [-0.1, -0.05) is 30.3 Å². The maximum absolute atomic E-state index is 3.82. The molecule has 0 spiro atoms. The molecule has 18 heavy (non-hydrogen) atoms. The van der Waals surface area contributed by atoms with Gasteiger partial charge in [0.2, 0.25) is 0 Å². The lowest BCUT2D eigenvalue weighted by molar-refractivity contribution is 0.687. The highest BCUT2D eigenvalue weighted by Gasteiger charge is 2.58. The van der Waals surface area contributed by atoms with E-state index >= 15 is 0 Å². The molecule has 2 fully saturated rings. The van der Waals surface area contributed by atoms with E-state index in [1.54, 1.807) is 0 Å². The van der Waals surface area contributed by atoms with Gasteiger partial charge in [-0.15, -0.1) is 0 Å². The van der Waals surface area contributed by atoms with Gasteiger partial charge in [-0.3, -0.25) is 0 Å². The van der Waals surface area contributed by atoms with E-state index in [0.717, 1.165) is 5.92 Å². The summed E-state index contributed by atoms with van der Waals surface area (Å²) in [6.45, 7) is 3.62. The fourth-order valence-electron chi connectivity index (χ4n) is 3.55. The number of anilines is 1. The second-order valence-corrected chi connectivity index (χ2v) is 6.61. The van der Waals surface area contributed by atoms with Gasteiger partial charge in [0.15, 0.2) is 0 Å². The molecule has 1 saturated heterocycles. The molecule has 1 aliphatic carbocycles. The molecule has 0 N–H and O–H groups in total. The molecular formula is C16H16BrN. The van der Waals surface area contributed by atoms with Crippen LogP contribution in [-0.2, 0) is 0 Å². The van der Waals surface area contributed by atoms with Crippen molar-refractivity contribution in [3.63, 3.8) is 0 Å². The van der Waals surface area contributed by atoms with Crippen LogP contribution >= 0.6 is 15.9 Å². The third-order valence-electron chi connectivity index (χ3n) is 4.83. The minimum atomic E-state index is 0.435. The lowest BCUT2D eigenvalue weighted by Gasteiger charge is -2.29. The first kappa shape index (κ1) is 10.9. The Morgan fingerprint density at radius 3 is 2.78 bits per heavy atom. The first-order valence-corrected chi connectivity index (χ1v) is 7.44. The molecule has 1 nitrogen and oxygen atoms in total. The number of piperidine rings is 1. The standard InChI is InChI=1S/C16H16BrN/c1-16-10-12(16)8-9-18(16)14-7-6-11-4-2-3-5-13(11)15(14)17/h2-7,12H,8-10H2,1H3. The van der Waals surface area contributed by atoms with Crippen LogP contribution in [-0.4, -0.2) is 12.1 Å². The number of halogens is 1. The second-order valence-electron chi connectivity index (χ2n) is 5.82. The fraction of sp³-hybridized carbons (Fsp3) is 0.375. The smallest absolute Gasteiger partial charge is 0.0521 e. The predicted octanol–water partition coefficient (Wildman–Crippen LogP) is 4.59. The highest BCUT2D eigenvalue weighted by Crippen LogP contribution is 2.57. The van der Waals surface area contributed by atoms with Crippen molar-refractivity contribution in [2.75, 3.05) is 11.4 Å². The highest BCUT2D eigenvalue weighted by atomic mass is 79.9. The molecular weight excluding hydrogens is 286 g/mol. The van der Waals surface area contributed by atoms with Crippen molar-refractivity contribution >= 4 is 32.4 Å². The SMILES string of the molecule is CC12CC1CCN2c1ccc2ccccc2c1Br. The summed E-state index contributed by atoms with van der Waals surface area (Å²) < 4.78 is 1.26. The Kier molecular flexibility index (Phi) is 2.12. The number of hydrogen-bond acceptors (Lipinski definition) is 1. The molecule has 4 rings (SSSR count). The van der Waals surface area contributed by atoms with Gasteiger partial charge in [0.1, 0.15) is 0 Å². The van der Waals surface area contributed by atoms with E-state index in [0.29, 0.717) is 5.54 Å². The zero-order valence-electron chi connectivity index (χ0n) is 10.5. The Hall–Kier alpha value is -1.02. The molecule has 1 aliphatic heterocycles. The third kappa shape index (κ3) is 1.33. The Labute approximate surface area is 116 Å². The van der Waals surface area contributed by atoms with Crippen molar-refractivity contribution in [1.82, 2.24) is 0 Å². The molecule has 0 amide bonds. The van der Waals surface area contributed by atoms with Crippen LogP contribution in [0, 0.1) is 5.92 Å². The molecule has 0 radical (unpaired) electrons. The second kappa shape index (κ2) is 3.51. The van der Waals surface area contributed by atoms with E-state index < -0.39 is 0 Å². The van der Waals surface area contributed by atoms with Gasteiger partial charge < -0.3 is 4.90 Å². The van der Waals surface area contributed by atoms with Gasteiger partial charge >= 0.3 is 0 Å². The monoisotopic (exact) mass is 301 g/mol. The lowest BCUT2D eigenvalue weighted by atomic mass is 10.1. The third-order valence-corrected chi connectivity index (χ3v) is 5.66. The Balaban J connectivity index is 1.88. The summed E-state index contributed by atoms with van der Waals surface area (Å²) in [6, 6.07) is 13.1. The zero-order valence-corrected chi connectivity index (χ0v) is 12.1. The molecule has 0 aromatic heterocycles. The van der Waals surface area contributed by atoms with Crippen LogP contribution in [0.1, 0.15) is 19.8 Å². The van der Waals surface area contributed by atoms with E-state index in [4.69, 9.17) is 0 Å². The average Bonchev–Trinajstić information content (AvgIpc) is 2.94. The summed E-state index contributed by atoms with van der Waals surface area (Å²) in [5.41, 5.74) is 1.81. The van der Waals surface area contributed by atoms with Crippen molar-refractivity contribution in [3.05, 3.63) is 40.9 Å². The van der Waals surface area contributed by atoms with E-state index in [1.807, 2.05) is 0 Å².